The van der Waals surface area contributed by atoms with E-state index in [4.69, 9.17) is 5.11 Å². The molecule has 0 fully saturated rings. The van der Waals surface area contributed by atoms with E-state index in [1.165, 1.54) is 16.6 Å². The van der Waals surface area contributed by atoms with Gasteiger partial charge in [0.1, 0.15) is 0 Å². The van der Waals surface area contributed by atoms with Gasteiger partial charge in [-0.3, -0.25) is 4.79 Å². The van der Waals surface area contributed by atoms with Gasteiger partial charge in [0.2, 0.25) is 0 Å². The largest absolute Gasteiger partial charge is 0.481 e. The summed E-state index contributed by atoms with van der Waals surface area (Å²) in [6, 6.07) is 4.44. The van der Waals surface area contributed by atoms with Crippen LogP contribution in [0.5, 0.6) is 0 Å². The second-order valence-corrected chi connectivity index (χ2v) is 5.91. The molecule has 4 nitrogen and oxygen atoms in total. The Bertz CT molecular complexity index is 508. The van der Waals surface area contributed by atoms with Crippen LogP contribution in [0.3, 0.4) is 0 Å². The number of carbonyl (C=O) groups is 1. The van der Waals surface area contributed by atoms with E-state index in [0.29, 0.717) is 0 Å². The monoisotopic (exact) mass is 282 g/mol. The molecular weight excluding hydrogens is 268 g/mol. The van der Waals surface area contributed by atoms with E-state index < -0.39 is 5.97 Å². The van der Waals surface area contributed by atoms with Gasteiger partial charge in [-0.2, -0.15) is 0 Å². The van der Waals surface area contributed by atoms with E-state index in [9.17, 15) is 4.79 Å². The first-order valence-electron chi connectivity index (χ1n) is 5.56. The van der Waals surface area contributed by atoms with Gasteiger partial charge >= 0.3 is 5.97 Å². The van der Waals surface area contributed by atoms with Gasteiger partial charge in [0.05, 0.1) is 5.75 Å². The summed E-state index contributed by atoms with van der Waals surface area (Å²) in [7, 11) is 0. The van der Waals surface area contributed by atoms with Crippen LogP contribution in [0, 0.1) is 0 Å². The summed E-state index contributed by atoms with van der Waals surface area (Å²) in [5.74, 6) is -0.775. The number of carboxylic acids is 1. The molecule has 0 bridgehead atoms. The van der Waals surface area contributed by atoms with Crippen molar-refractivity contribution in [3.8, 4) is 0 Å². The molecular formula is C12H14N2O2S2. The molecule has 96 valence electrons. The maximum atomic E-state index is 10.6. The molecule has 2 rings (SSSR count). The first kappa shape index (κ1) is 13.2. The van der Waals surface area contributed by atoms with Gasteiger partial charge in [-0.05, 0) is 18.4 Å². The predicted molar refractivity (Wildman–Crippen MR) is 73.3 cm³/mol. The molecule has 0 saturated carbocycles. The number of carboxylic acid groups (broad SMARTS) is 1. The molecule has 1 atom stereocenters. The van der Waals surface area contributed by atoms with E-state index in [1.54, 1.807) is 17.5 Å². The predicted octanol–water partition coefficient (Wildman–Crippen LogP) is 2.93. The maximum absolute atomic E-state index is 10.6. The zero-order valence-electron chi connectivity index (χ0n) is 9.94. The summed E-state index contributed by atoms with van der Waals surface area (Å²) >= 11 is 3.00. The molecule has 6 heteroatoms. The highest BCUT2D eigenvalue weighted by molar-refractivity contribution is 7.99. The minimum atomic E-state index is -0.819. The summed E-state index contributed by atoms with van der Waals surface area (Å²) in [4.78, 5) is 16.1. The molecule has 0 amide bonds. The highest BCUT2D eigenvalue weighted by atomic mass is 32.2. The molecule has 0 radical (unpaired) electrons. The summed E-state index contributed by atoms with van der Waals surface area (Å²) < 4.78 is 2.04. The number of aromatic nitrogens is 2. The number of thioether (sulfide) groups is 1. The first-order chi connectivity index (χ1) is 8.66. The van der Waals surface area contributed by atoms with Gasteiger partial charge in [0, 0.05) is 29.7 Å². The molecule has 0 aliphatic rings. The zero-order chi connectivity index (χ0) is 13.0. The molecule has 0 aliphatic carbocycles. The van der Waals surface area contributed by atoms with Crippen LogP contribution < -0.4 is 0 Å². The lowest BCUT2D eigenvalue weighted by atomic mass is 10.2. The fraction of sp³-hybridized carbons (Fsp3) is 0.333. The molecule has 0 spiro atoms. The number of nitrogens with zero attached hydrogens (tertiary/aromatic N) is 2. The minimum absolute atomic E-state index is 0.0444. The second kappa shape index (κ2) is 6.06. The third-order valence-corrected chi connectivity index (χ3v) is 4.37. The third kappa shape index (κ3) is 3.36. The Labute approximate surface area is 114 Å². The van der Waals surface area contributed by atoms with Crippen molar-refractivity contribution in [1.29, 1.82) is 0 Å². The summed E-state index contributed by atoms with van der Waals surface area (Å²) in [6.45, 7) is 2.12. The molecule has 2 aromatic heterocycles. The summed E-state index contributed by atoms with van der Waals surface area (Å²) in [6.07, 6.45) is 4.56. The molecule has 0 aliphatic heterocycles. The number of aliphatic carboxylic acids is 1. The Hall–Kier alpha value is -1.27. The number of thiophene rings is 1. The van der Waals surface area contributed by atoms with Crippen molar-refractivity contribution in [2.75, 3.05) is 5.75 Å². The van der Waals surface area contributed by atoms with Gasteiger partial charge in [0.15, 0.2) is 5.16 Å². The smallest absolute Gasteiger partial charge is 0.313 e. The van der Waals surface area contributed by atoms with Crippen LogP contribution in [0.1, 0.15) is 17.8 Å². The quantitative estimate of drug-likeness (QED) is 0.828. The van der Waals surface area contributed by atoms with Crippen molar-refractivity contribution in [3.63, 3.8) is 0 Å². The number of imidazole rings is 1. The van der Waals surface area contributed by atoms with Gasteiger partial charge in [0.25, 0.3) is 0 Å². The molecule has 0 aromatic carbocycles. The van der Waals surface area contributed by atoms with Crippen molar-refractivity contribution < 1.29 is 9.90 Å². The lowest BCUT2D eigenvalue weighted by Crippen LogP contribution is -2.09. The molecule has 1 N–H and O–H groups in total. The van der Waals surface area contributed by atoms with Crippen molar-refractivity contribution in [2.24, 2.45) is 0 Å². The Morgan fingerprint density at radius 3 is 3.17 bits per heavy atom. The highest BCUT2D eigenvalue weighted by Gasteiger charge is 2.12. The maximum Gasteiger partial charge on any atom is 0.313 e. The lowest BCUT2D eigenvalue weighted by molar-refractivity contribution is -0.133. The van der Waals surface area contributed by atoms with Crippen LogP contribution in [0.2, 0.25) is 0 Å². The van der Waals surface area contributed by atoms with Crippen molar-refractivity contribution >= 4 is 29.1 Å². The topological polar surface area (TPSA) is 55.1 Å². The number of hydrogen-bond donors (Lipinski definition) is 1. The van der Waals surface area contributed by atoms with Crippen LogP contribution in [0.25, 0.3) is 0 Å². The van der Waals surface area contributed by atoms with Gasteiger partial charge in [-0.1, -0.05) is 17.8 Å². The van der Waals surface area contributed by atoms with Crippen molar-refractivity contribution in [2.45, 2.75) is 24.5 Å². The summed E-state index contributed by atoms with van der Waals surface area (Å²) in [5.41, 5.74) is 0. The summed E-state index contributed by atoms with van der Waals surface area (Å²) in [5, 5.41) is 11.5. The Morgan fingerprint density at radius 1 is 1.67 bits per heavy atom. The average Bonchev–Trinajstić information content (AvgIpc) is 2.96. The SMILES string of the molecule is CC(Cc1cccs1)n1ccnc1SCC(=O)O. The number of hydrogen-bond acceptors (Lipinski definition) is 4. The molecule has 18 heavy (non-hydrogen) atoms. The van der Waals surface area contributed by atoms with Crippen LogP contribution >= 0.6 is 23.1 Å². The van der Waals surface area contributed by atoms with E-state index in [2.05, 4.69) is 23.4 Å². The molecule has 1 unspecified atom stereocenters. The van der Waals surface area contributed by atoms with E-state index >= 15 is 0 Å². The average molecular weight is 282 g/mol. The van der Waals surface area contributed by atoms with Crippen molar-refractivity contribution in [3.05, 3.63) is 34.8 Å². The highest BCUT2D eigenvalue weighted by Crippen LogP contribution is 2.23. The second-order valence-electron chi connectivity index (χ2n) is 3.93. The fourth-order valence-electron chi connectivity index (χ4n) is 1.69. The fourth-order valence-corrected chi connectivity index (χ4v) is 3.30. The Balaban J connectivity index is 2.03. The first-order valence-corrected chi connectivity index (χ1v) is 7.43. The number of rotatable bonds is 6. The third-order valence-electron chi connectivity index (χ3n) is 2.51. The van der Waals surface area contributed by atoms with E-state index in [0.717, 1.165) is 11.6 Å². The Morgan fingerprint density at radius 2 is 2.50 bits per heavy atom. The van der Waals surface area contributed by atoms with Crippen LogP contribution in [0.4, 0.5) is 0 Å². The normalized spacial score (nSPS) is 12.5. The molecule has 0 saturated heterocycles. The van der Waals surface area contributed by atoms with E-state index in [-0.39, 0.29) is 11.8 Å². The molecule has 2 aromatic rings. The van der Waals surface area contributed by atoms with E-state index in [1.807, 2.05) is 16.8 Å². The lowest BCUT2D eigenvalue weighted by Gasteiger charge is -2.14. The van der Waals surface area contributed by atoms with Gasteiger partial charge in [-0.15, -0.1) is 11.3 Å². The Kier molecular flexibility index (Phi) is 4.43. The standard InChI is InChI=1S/C12H14N2O2S2/c1-9(7-10-3-2-6-17-10)14-5-4-13-12(14)18-8-11(15)16/h2-6,9H,7-8H2,1H3,(H,15,16). The van der Waals surface area contributed by atoms with Gasteiger partial charge in [-0.25, -0.2) is 4.98 Å². The van der Waals surface area contributed by atoms with Crippen LogP contribution in [-0.2, 0) is 11.2 Å². The molecule has 2 heterocycles. The van der Waals surface area contributed by atoms with Gasteiger partial charge < -0.3 is 9.67 Å². The van der Waals surface area contributed by atoms with Crippen LogP contribution in [-0.4, -0.2) is 26.4 Å². The van der Waals surface area contributed by atoms with Crippen molar-refractivity contribution in [1.82, 2.24) is 9.55 Å². The van der Waals surface area contributed by atoms with Crippen LogP contribution in [0.15, 0.2) is 35.1 Å². The zero-order valence-corrected chi connectivity index (χ0v) is 11.6. The minimum Gasteiger partial charge on any atom is -0.481 e.